The van der Waals surface area contributed by atoms with Crippen LogP contribution < -0.4 is 5.56 Å². The molecule has 0 fully saturated rings. The van der Waals surface area contributed by atoms with Crippen molar-refractivity contribution in [3.63, 3.8) is 0 Å². The lowest BCUT2D eigenvalue weighted by Gasteiger charge is -2.02. The molecule has 0 saturated carbocycles. The Labute approximate surface area is 70.3 Å². The Bertz CT molecular complexity index is 317. The first kappa shape index (κ1) is 8.77. The molecule has 0 amide bonds. The van der Waals surface area contributed by atoms with E-state index in [-0.39, 0.29) is 5.75 Å². The highest BCUT2D eigenvalue weighted by molar-refractivity contribution is 5.17. The van der Waals surface area contributed by atoms with Crippen molar-refractivity contribution in [1.29, 1.82) is 0 Å². The highest BCUT2D eigenvalue weighted by atomic mass is 16.3. The molecule has 0 unspecified atom stereocenters. The second kappa shape index (κ2) is 3.38. The molecule has 2 N–H and O–H groups in total. The summed E-state index contributed by atoms with van der Waals surface area (Å²) in [4.78, 5) is 10.7. The van der Waals surface area contributed by atoms with Crippen molar-refractivity contribution >= 4 is 0 Å². The maximum atomic E-state index is 10.7. The maximum absolute atomic E-state index is 10.7. The minimum atomic E-state index is -0.539. The zero-order valence-electron chi connectivity index (χ0n) is 7.16. The highest BCUT2D eigenvalue weighted by Crippen LogP contribution is 2.06. The summed E-state index contributed by atoms with van der Waals surface area (Å²) in [5.41, 5.74) is 0.171. The van der Waals surface area contributed by atoms with Gasteiger partial charge >= 0.3 is 5.56 Å². The summed E-state index contributed by atoms with van der Waals surface area (Å²) < 4.78 is 0. The molecule has 1 rings (SSSR count). The third-order valence-corrected chi connectivity index (χ3v) is 1.45. The van der Waals surface area contributed by atoms with E-state index in [0.717, 1.165) is 6.42 Å². The SMILES string of the molecule is CC(C)Cc1cc(O)c(=O)[nH]n1. The molecule has 0 radical (unpaired) electrons. The lowest BCUT2D eigenvalue weighted by molar-refractivity contribution is 0.461. The van der Waals surface area contributed by atoms with Gasteiger partial charge in [0.1, 0.15) is 0 Å². The number of aromatic hydroxyl groups is 1. The van der Waals surface area contributed by atoms with Crippen LogP contribution >= 0.6 is 0 Å². The summed E-state index contributed by atoms with van der Waals surface area (Å²) in [6.45, 7) is 4.09. The summed E-state index contributed by atoms with van der Waals surface area (Å²) in [6.07, 6.45) is 0.754. The molecule has 0 aliphatic heterocycles. The Balaban J connectivity index is 2.90. The number of nitrogens with one attached hydrogen (secondary N) is 1. The van der Waals surface area contributed by atoms with Gasteiger partial charge in [0, 0.05) is 6.07 Å². The monoisotopic (exact) mass is 168 g/mol. The van der Waals surface area contributed by atoms with Gasteiger partial charge in [-0.15, -0.1) is 0 Å². The summed E-state index contributed by atoms with van der Waals surface area (Å²) in [5.74, 6) is 0.198. The quantitative estimate of drug-likeness (QED) is 0.682. The number of aromatic amines is 1. The minimum absolute atomic E-state index is 0.263. The lowest BCUT2D eigenvalue weighted by Crippen LogP contribution is -2.10. The van der Waals surface area contributed by atoms with Gasteiger partial charge in [-0.05, 0) is 12.3 Å². The Morgan fingerprint density at radius 3 is 2.83 bits per heavy atom. The first-order chi connectivity index (χ1) is 5.59. The Morgan fingerprint density at radius 2 is 2.33 bits per heavy atom. The molecule has 0 atom stereocenters. The average Bonchev–Trinajstić information content (AvgIpc) is 1.96. The van der Waals surface area contributed by atoms with Gasteiger partial charge in [0.25, 0.3) is 0 Å². The normalized spacial score (nSPS) is 10.6. The van der Waals surface area contributed by atoms with E-state index in [9.17, 15) is 4.79 Å². The van der Waals surface area contributed by atoms with Gasteiger partial charge in [-0.2, -0.15) is 5.10 Å². The van der Waals surface area contributed by atoms with Crippen molar-refractivity contribution in [2.45, 2.75) is 20.3 Å². The molecule has 1 aromatic heterocycles. The van der Waals surface area contributed by atoms with Crippen LogP contribution in [0.15, 0.2) is 10.9 Å². The van der Waals surface area contributed by atoms with Crippen molar-refractivity contribution in [3.05, 3.63) is 22.1 Å². The second-order valence-corrected chi connectivity index (χ2v) is 3.17. The molecule has 4 nitrogen and oxygen atoms in total. The van der Waals surface area contributed by atoms with Gasteiger partial charge in [0.05, 0.1) is 5.69 Å². The molecule has 1 heterocycles. The zero-order chi connectivity index (χ0) is 9.14. The standard InChI is InChI=1S/C8H12N2O2/c1-5(2)3-6-4-7(11)8(12)10-9-6/h4-5H,3H2,1-2H3,(H,9,11)(H,10,12). The molecular weight excluding hydrogens is 156 g/mol. The number of hydrogen-bond donors (Lipinski definition) is 2. The van der Waals surface area contributed by atoms with E-state index in [1.807, 2.05) is 13.8 Å². The van der Waals surface area contributed by atoms with Crippen molar-refractivity contribution in [3.8, 4) is 5.75 Å². The van der Waals surface area contributed by atoms with Gasteiger partial charge in [-0.25, -0.2) is 5.10 Å². The number of aromatic nitrogens is 2. The highest BCUT2D eigenvalue weighted by Gasteiger charge is 2.02. The maximum Gasteiger partial charge on any atom is 0.306 e. The molecule has 4 heteroatoms. The van der Waals surface area contributed by atoms with Gasteiger partial charge in [-0.1, -0.05) is 13.8 Å². The largest absolute Gasteiger partial charge is 0.503 e. The van der Waals surface area contributed by atoms with Gasteiger partial charge in [-0.3, -0.25) is 4.79 Å². The van der Waals surface area contributed by atoms with Crippen LogP contribution in [0.3, 0.4) is 0 Å². The number of rotatable bonds is 2. The number of hydrogen-bond acceptors (Lipinski definition) is 3. The Kier molecular flexibility index (Phi) is 2.47. The minimum Gasteiger partial charge on any atom is -0.503 e. The van der Waals surface area contributed by atoms with E-state index in [4.69, 9.17) is 5.11 Å². The predicted octanol–water partition coefficient (Wildman–Crippen LogP) is 0.674. The molecular formula is C8H12N2O2. The summed E-state index contributed by atoms with van der Waals surface area (Å²) >= 11 is 0. The van der Waals surface area contributed by atoms with Crippen LogP contribution in [0.5, 0.6) is 5.75 Å². The number of nitrogens with zero attached hydrogens (tertiary/aromatic N) is 1. The van der Waals surface area contributed by atoms with Gasteiger partial charge < -0.3 is 5.11 Å². The van der Waals surface area contributed by atoms with E-state index in [1.165, 1.54) is 6.07 Å². The Morgan fingerprint density at radius 1 is 1.67 bits per heavy atom. The van der Waals surface area contributed by atoms with Crippen LogP contribution in [0.2, 0.25) is 0 Å². The molecule has 1 aromatic rings. The molecule has 66 valence electrons. The molecule has 0 aliphatic carbocycles. The second-order valence-electron chi connectivity index (χ2n) is 3.17. The zero-order valence-corrected chi connectivity index (χ0v) is 7.16. The van der Waals surface area contributed by atoms with Gasteiger partial charge in [0.15, 0.2) is 5.75 Å². The topological polar surface area (TPSA) is 66.0 Å². The third-order valence-electron chi connectivity index (χ3n) is 1.45. The fraction of sp³-hybridized carbons (Fsp3) is 0.500. The summed E-state index contributed by atoms with van der Waals surface area (Å²) in [5, 5.41) is 15.0. The average molecular weight is 168 g/mol. The molecule has 0 saturated heterocycles. The van der Waals surface area contributed by atoms with Gasteiger partial charge in [0.2, 0.25) is 0 Å². The first-order valence-corrected chi connectivity index (χ1v) is 3.87. The fourth-order valence-electron chi connectivity index (χ4n) is 0.958. The van der Waals surface area contributed by atoms with Crippen molar-refractivity contribution in [1.82, 2.24) is 10.2 Å². The van der Waals surface area contributed by atoms with E-state index < -0.39 is 5.56 Å². The van der Waals surface area contributed by atoms with Crippen molar-refractivity contribution in [2.24, 2.45) is 5.92 Å². The molecule has 0 aromatic carbocycles. The van der Waals surface area contributed by atoms with Crippen LogP contribution in [-0.2, 0) is 6.42 Å². The van der Waals surface area contributed by atoms with Crippen LogP contribution in [0.4, 0.5) is 0 Å². The first-order valence-electron chi connectivity index (χ1n) is 3.87. The van der Waals surface area contributed by atoms with Crippen LogP contribution in [0, 0.1) is 5.92 Å². The molecule has 0 aliphatic rings. The summed E-state index contributed by atoms with van der Waals surface area (Å²) in [6, 6.07) is 1.40. The van der Waals surface area contributed by atoms with E-state index >= 15 is 0 Å². The smallest absolute Gasteiger partial charge is 0.306 e. The third kappa shape index (κ3) is 2.08. The van der Waals surface area contributed by atoms with Crippen molar-refractivity contribution < 1.29 is 5.11 Å². The fourth-order valence-corrected chi connectivity index (χ4v) is 0.958. The van der Waals surface area contributed by atoms with Crippen molar-refractivity contribution in [2.75, 3.05) is 0 Å². The van der Waals surface area contributed by atoms with Crippen LogP contribution in [-0.4, -0.2) is 15.3 Å². The number of H-pyrrole nitrogens is 1. The van der Waals surface area contributed by atoms with E-state index in [2.05, 4.69) is 10.2 Å². The van der Waals surface area contributed by atoms with Crippen LogP contribution in [0.1, 0.15) is 19.5 Å². The summed E-state index contributed by atoms with van der Waals surface area (Å²) in [7, 11) is 0. The molecule has 12 heavy (non-hydrogen) atoms. The van der Waals surface area contributed by atoms with E-state index in [1.54, 1.807) is 0 Å². The predicted molar refractivity (Wildman–Crippen MR) is 45.1 cm³/mol. The molecule has 0 spiro atoms. The Hall–Kier alpha value is -1.32. The van der Waals surface area contributed by atoms with E-state index in [0.29, 0.717) is 11.6 Å². The molecule has 0 bridgehead atoms. The lowest BCUT2D eigenvalue weighted by atomic mass is 10.1. The van der Waals surface area contributed by atoms with Crippen LogP contribution in [0.25, 0.3) is 0 Å².